The second-order valence-corrected chi connectivity index (χ2v) is 5.07. The third-order valence-corrected chi connectivity index (χ3v) is 3.22. The lowest BCUT2D eigenvalue weighted by Gasteiger charge is -2.26. The lowest BCUT2D eigenvalue weighted by atomic mass is 9.80. The van der Waals surface area contributed by atoms with Crippen LogP contribution in [-0.4, -0.2) is 13.7 Å². The second kappa shape index (κ2) is 4.88. The average molecular weight is 221 g/mol. The molecule has 0 amide bonds. The van der Waals surface area contributed by atoms with Gasteiger partial charge >= 0.3 is 0 Å². The number of methoxy groups -OCH3 is 1. The molecular formula is C14H23NO. The van der Waals surface area contributed by atoms with Crippen LogP contribution >= 0.6 is 0 Å². The summed E-state index contributed by atoms with van der Waals surface area (Å²) in [6.07, 6.45) is 0.998. The van der Waals surface area contributed by atoms with Crippen molar-refractivity contribution in [3.63, 3.8) is 0 Å². The van der Waals surface area contributed by atoms with Crippen LogP contribution in [0.3, 0.4) is 0 Å². The number of hydrogen-bond acceptors (Lipinski definition) is 2. The lowest BCUT2D eigenvalue weighted by Crippen LogP contribution is -2.22. The molecule has 1 aromatic rings. The SMILES string of the molecule is COc1c(C)cc(C(C)(C)CCN)cc1C. The first kappa shape index (κ1) is 13.0. The molecule has 2 nitrogen and oxygen atoms in total. The summed E-state index contributed by atoms with van der Waals surface area (Å²) in [7, 11) is 1.72. The minimum Gasteiger partial charge on any atom is -0.496 e. The van der Waals surface area contributed by atoms with Crippen LogP contribution < -0.4 is 10.5 Å². The van der Waals surface area contributed by atoms with Crippen molar-refractivity contribution in [2.75, 3.05) is 13.7 Å². The first-order chi connectivity index (χ1) is 7.42. The van der Waals surface area contributed by atoms with Gasteiger partial charge in [0, 0.05) is 0 Å². The summed E-state index contributed by atoms with van der Waals surface area (Å²) in [6.45, 7) is 9.37. The van der Waals surface area contributed by atoms with E-state index in [1.807, 2.05) is 0 Å². The first-order valence-electron chi connectivity index (χ1n) is 5.78. The summed E-state index contributed by atoms with van der Waals surface area (Å²) in [5.74, 6) is 0.993. The summed E-state index contributed by atoms with van der Waals surface area (Å²) in [6, 6.07) is 4.42. The highest BCUT2D eigenvalue weighted by molar-refractivity contribution is 5.45. The van der Waals surface area contributed by atoms with E-state index < -0.39 is 0 Å². The molecule has 2 N–H and O–H groups in total. The Morgan fingerprint density at radius 3 is 2.06 bits per heavy atom. The smallest absolute Gasteiger partial charge is 0.124 e. The molecule has 2 heteroatoms. The predicted octanol–water partition coefficient (Wildman–Crippen LogP) is 2.94. The molecule has 0 radical (unpaired) electrons. The summed E-state index contributed by atoms with van der Waals surface area (Å²) in [5, 5.41) is 0. The van der Waals surface area contributed by atoms with Crippen LogP contribution in [0, 0.1) is 13.8 Å². The molecule has 0 aliphatic heterocycles. The molecule has 0 unspecified atom stereocenters. The third kappa shape index (κ3) is 2.56. The van der Waals surface area contributed by atoms with Gasteiger partial charge in [-0.2, -0.15) is 0 Å². The number of aryl methyl sites for hydroxylation is 2. The standard InChI is InChI=1S/C14H23NO/c1-10-8-12(14(3,4)6-7-15)9-11(2)13(10)16-5/h8-9H,6-7,15H2,1-5H3. The largest absolute Gasteiger partial charge is 0.496 e. The maximum atomic E-state index is 5.66. The van der Waals surface area contributed by atoms with E-state index in [0.717, 1.165) is 18.7 Å². The maximum Gasteiger partial charge on any atom is 0.124 e. The number of nitrogens with two attached hydrogens (primary N) is 1. The van der Waals surface area contributed by atoms with Gasteiger partial charge in [0.25, 0.3) is 0 Å². The average Bonchev–Trinajstić information content (AvgIpc) is 2.17. The van der Waals surface area contributed by atoms with Gasteiger partial charge in [0.15, 0.2) is 0 Å². The highest BCUT2D eigenvalue weighted by Gasteiger charge is 2.21. The van der Waals surface area contributed by atoms with E-state index in [1.165, 1.54) is 16.7 Å². The Labute approximate surface area is 98.8 Å². The number of benzene rings is 1. The Morgan fingerprint density at radius 1 is 1.19 bits per heavy atom. The Morgan fingerprint density at radius 2 is 1.69 bits per heavy atom. The fourth-order valence-corrected chi connectivity index (χ4v) is 2.17. The molecule has 0 atom stereocenters. The van der Waals surface area contributed by atoms with E-state index in [2.05, 4.69) is 39.8 Å². The van der Waals surface area contributed by atoms with Crippen LogP contribution in [0.1, 0.15) is 37.0 Å². The maximum absolute atomic E-state index is 5.66. The van der Waals surface area contributed by atoms with Crippen molar-refractivity contribution in [2.45, 2.75) is 39.5 Å². The molecule has 0 heterocycles. The second-order valence-electron chi connectivity index (χ2n) is 5.07. The van der Waals surface area contributed by atoms with E-state index in [0.29, 0.717) is 0 Å². The molecule has 0 fully saturated rings. The van der Waals surface area contributed by atoms with Crippen LogP contribution in [0.4, 0.5) is 0 Å². The molecule has 0 aliphatic rings. The van der Waals surface area contributed by atoms with E-state index in [9.17, 15) is 0 Å². The van der Waals surface area contributed by atoms with Crippen LogP contribution in [-0.2, 0) is 5.41 Å². The molecule has 0 aromatic heterocycles. The summed E-state index contributed by atoms with van der Waals surface area (Å²) in [5.41, 5.74) is 9.53. The van der Waals surface area contributed by atoms with Gasteiger partial charge in [-0.15, -0.1) is 0 Å². The van der Waals surface area contributed by atoms with Gasteiger partial charge in [-0.05, 0) is 48.9 Å². The van der Waals surface area contributed by atoms with Gasteiger partial charge in [-0.25, -0.2) is 0 Å². The predicted molar refractivity (Wildman–Crippen MR) is 69.2 cm³/mol. The molecule has 1 aromatic carbocycles. The number of hydrogen-bond donors (Lipinski definition) is 1. The summed E-state index contributed by atoms with van der Waals surface area (Å²) < 4.78 is 5.38. The Bertz CT molecular complexity index is 346. The van der Waals surface area contributed by atoms with Gasteiger partial charge < -0.3 is 10.5 Å². The molecule has 16 heavy (non-hydrogen) atoms. The molecule has 0 spiro atoms. The molecule has 90 valence electrons. The zero-order valence-electron chi connectivity index (χ0n) is 11.1. The minimum atomic E-state index is 0.135. The van der Waals surface area contributed by atoms with Crippen LogP contribution in [0.5, 0.6) is 5.75 Å². The molecule has 0 saturated heterocycles. The van der Waals surface area contributed by atoms with Crippen molar-refractivity contribution in [3.05, 3.63) is 28.8 Å². The quantitative estimate of drug-likeness (QED) is 0.848. The van der Waals surface area contributed by atoms with E-state index in [-0.39, 0.29) is 5.41 Å². The first-order valence-corrected chi connectivity index (χ1v) is 5.78. The van der Waals surface area contributed by atoms with Gasteiger partial charge in [-0.3, -0.25) is 0 Å². The van der Waals surface area contributed by atoms with E-state index in [4.69, 9.17) is 10.5 Å². The van der Waals surface area contributed by atoms with Gasteiger partial charge in [0.1, 0.15) is 5.75 Å². The Hall–Kier alpha value is -1.02. The van der Waals surface area contributed by atoms with Gasteiger partial charge in [0.05, 0.1) is 7.11 Å². The van der Waals surface area contributed by atoms with Crippen LogP contribution in [0.15, 0.2) is 12.1 Å². The van der Waals surface area contributed by atoms with Crippen molar-refractivity contribution < 1.29 is 4.74 Å². The topological polar surface area (TPSA) is 35.2 Å². The van der Waals surface area contributed by atoms with E-state index in [1.54, 1.807) is 7.11 Å². The van der Waals surface area contributed by atoms with Crippen LogP contribution in [0.2, 0.25) is 0 Å². The van der Waals surface area contributed by atoms with Crippen molar-refractivity contribution in [1.29, 1.82) is 0 Å². The fourth-order valence-electron chi connectivity index (χ4n) is 2.17. The Kier molecular flexibility index (Phi) is 3.98. The molecule has 1 rings (SSSR count). The Balaban J connectivity index is 3.17. The molecule has 0 saturated carbocycles. The van der Waals surface area contributed by atoms with Crippen molar-refractivity contribution in [1.82, 2.24) is 0 Å². The normalized spacial score (nSPS) is 11.6. The molecule has 0 bridgehead atoms. The van der Waals surface area contributed by atoms with Gasteiger partial charge in [0.2, 0.25) is 0 Å². The molecule has 0 aliphatic carbocycles. The highest BCUT2D eigenvalue weighted by Crippen LogP contribution is 2.32. The zero-order valence-corrected chi connectivity index (χ0v) is 11.1. The van der Waals surface area contributed by atoms with Gasteiger partial charge in [-0.1, -0.05) is 26.0 Å². The highest BCUT2D eigenvalue weighted by atomic mass is 16.5. The molecular weight excluding hydrogens is 198 g/mol. The zero-order chi connectivity index (χ0) is 12.3. The monoisotopic (exact) mass is 221 g/mol. The van der Waals surface area contributed by atoms with Crippen molar-refractivity contribution >= 4 is 0 Å². The van der Waals surface area contributed by atoms with Crippen molar-refractivity contribution in [3.8, 4) is 5.75 Å². The fraction of sp³-hybridized carbons (Fsp3) is 0.571. The van der Waals surface area contributed by atoms with E-state index >= 15 is 0 Å². The summed E-state index contributed by atoms with van der Waals surface area (Å²) in [4.78, 5) is 0. The number of rotatable bonds is 4. The minimum absolute atomic E-state index is 0.135. The number of ether oxygens (including phenoxy) is 1. The summed E-state index contributed by atoms with van der Waals surface area (Å²) >= 11 is 0. The lowest BCUT2D eigenvalue weighted by molar-refractivity contribution is 0.407. The van der Waals surface area contributed by atoms with Crippen molar-refractivity contribution in [2.24, 2.45) is 5.73 Å². The van der Waals surface area contributed by atoms with Crippen LogP contribution in [0.25, 0.3) is 0 Å². The third-order valence-electron chi connectivity index (χ3n) is 3.22.